The van der Waals surface area contributed by atoms with Crippen LogP contribution in [0, 0.1) is 0 Å². The second-order valence-corrected chi connectivity index (χ2v) is 9.49. The quantitative estimate of drug-likeness (QED) is 0.544. The SMILES string of the molecule is CCS(=O)(=O)c1cc(C(F)(F)F)c[n+](Cc2cc(S(=O)C(F)(F)F)c[nH]c2=O)c1. The lowest BCUT2D eigenvalue weighted by Gasteiger charge is -2.09. The first-order valence-electron chi connectivity index (χ1n) is 7.69. The van der Waals surface area contributed by atoms with Gasteiger partial charge in [-0.3, -0.25) is 4.79 Å². The summed E-state index contributed by atoms with van der Waals surface area (Å²) in [6.07, 6.45) is -2.98. The van der Waals surface area contributed by atoms with E-state index in [1.807, 2.05) is 4.98 Å². The minimum Gasteiger partial charge on any atom is -0.327 e. The van der Waals surface area contributed by atoms with Crippen LogP contribution in [-0.4, -0.2) is 28.9 Å². The van der Waals surface area contributed by atoms with Gasteiger partial charge in [0.1, 0.15) is 10.5 Å². The molecule has 14 heteroatoms. The molecule has 0 saturated heterocycles. The number of nitrogens with one attached hydrogen (secondary N) is 1. The largest absolute Gasteiger partial charge is 0.475 e. The predicted octanol–water partition coefficient (Wildman–Crippen LogP) is 2.15. The second kappa shape index (κ2) is 7.89. The first kappa shape index (κ1) is 23.1. The molecule has 2 rings (SSSR count). The maximum Gasteiger partial charge on any atom is 0.475 e. The van der Waals surface area contributed by atoms with E-state index in [4.69, 9.17) is 0 Å². The van der Waals surface area contributed by atoms with Crippen molar-refractivity contribution in [3.8, 4) is 0 Å². The van der Waals surface area contributed by atoms with Crippen molar-refractivity contribution >= 4 is 20.6 Å². The van der Waals surface area contributed by atoms with Gasteiger partial charge in [0.25, 0.3) is 5.56 Å². The van der Waals surface area contributed by atoms with E-state index in [1.54, 1.807) is 0 Å². The molecule has 0 saturated carbocycles. The third-order valence-corrected chi connectivity index (χ3v) is 6.48. The molecule has 6 nitrogen and oxygen atoms in total. The van der Waals surface area contributed by atoms with E-state index in [1.165, 1.54) is 6.92 Å². The molecule has 29 heavy (non-hydrogen) atoms. The van der Waals surface area contributed by atoms with E-state index in [0.29, 0.717) is 24.5 Å². The van der Waals surface area contributed by atoms with Crippen molar-refractivity contribution in [1.29, 1.82) is 0 Å². The van der Waals surface area contributed by atoms with Gasteiger partial charge in [-0.2, -0.15) is 30.9 Å². The monoisotopic (exact) mass is 463 g/mol. The zero-order valence-corrected chi connectivity index (χ0v) is 16.1. The van der Waals surface area contributed by atoms with Crippen molar-refractivity contribution in [3.63, 3.8) is 0 Å². The Morgan fingerprint density at radius 1 is 1.10 bits per heavy atom. The van der Waals surface area contributed by atoms with Gasteiger partial charge in [-0.25, -0.2) is 12.6 Å². The summed E-state index contributed by atoms with van der Waals surface area (Å²) in [5.41, 5.74) is -7.80. The fourth-order valence-corrected chi connectivity index (χ4v) is 3.87. The molecule has 0 aliphatic carbocycles. The lowest BCUT2D eigenvalue weighted by atomic mass is 10.2. The Labute approximate surface area is 162 Å². The zero-order chi connectivity index (χ0) is 22.2. The predicted molar refractivity (Wildman–Crippen MR) is 88.0 cm³/mol. The summed E-state index contributed by atoms with van der Waals surface area (Å²) in [7, 11) is -7.52. The Morgan fingerprint density at radius 2 is 1.72 bits per heavy atom. The van der Waals surface area contributed by atoms with Crippen molar-refractivity contribution in [2.24, 2.45) is 0 Å². The minimum atomic E-state index is -5.11. The summed E-state index contributed by atoms with van der Waals surface area (Å²) >= 11 is 0. The van der Waals surface area contributed by atoms with E-state index in [9.17, 15) is 43.8 Å². The number of hydrogen-bond acceptors (Lipinski definition) is 4. The van der Waals surface area contributed by atoms with Gasteiger partial charge >= 0.3 is 11.7 Å². The summed E-state index contributed by atoms with van der Waals surface area (Å²) in [6.45, 7) is 0.537. The van der Waals surface area contributed by atoms with Crippen LogP contribution in [0.25, 0.3) is 0 Å². The highest BCUT2D eigenvalue weighted by molar-refractivity contribution is 7.91. The molecule has 1 unspecified atom stereocenters. The molecule has 2 aromatic heterocycles. The average Bonchev–Trinajstić information content (AvgIpc) is 2.61. The number of aromatic amines is 1. The Balaban J connectivity index is 2.58. The molecule has 2 heterocycles. The molecule has 0 radical (unpaired) electrons. The van der Waals surface area contributed by atoms with E-state index in [-0.39, 0.29) is 0 Å². The molecule has 0 spiro atoms. The lowest BCUT2D eigenvalue weighted by Crippen LogP contribution is -2.38. The Hall–Kier alpha value is -2.22. The van der Waals surface area contributed by atoms with Crippen LogP contribution in [0.4, 0.5) is 26.3 Å². The summed E-state index contributed by atoms with van der Waals surface area (Å²) in [4.78, 5) is 12.3. The van der Waals surface area contributed by atoms with E-state index in [2.05, 4.69) is 0 Å². The van der Waals surface area contributed by atoms with Gasteiger partial charge in [0.15, 0.2) is 39.6 Å². The number of H-pyrrole nitrogens is 1. The third-order valence-electron chi connectivity index (χ3n) is 3.69. The Morgan fingerprint density at radius 3 is 2.24 bits per heavy atom. The molecule has 0 aliphatic rings. The first-order chi connectivity index (χ1) is 13.1. The van der Waals surface area contributed by atoms with Gasteiger partial charge in [-0.05, 0) is 12.1 Å². The van der Waals surface area contributed by atoms with Gasteiger partial charge < -0.3 is 4.98 Å². The first-order valence-corrected chi connectivity index (χ1v) is 10.5. The molecular formula is C15H13F6N2O4S2+. The molecule has 1 atom stereocenters. The van der Waals surface area contributed by atoms with Gasteiger partial charge in [0.05, 0.1) is 16.2 Å². The van der Waals surface area contributed by atoms with E-state index >= 15 is 0 Å². The van der Waals surface area contributed by atoms with Crippen LogP contribution in [0.5, 0.6) is 0 Å². The van der Waals surface area contributed by atoms with Gasteiger partial charge in [0, 0.05) is 6.20 Å². The standard InChI is InChI=1S/C15H12F6N2O4S2/c1-2-29(26,27)12-4-10(14(16,17)18)7-23(8-12)6-9-3-11(5-22-13(9)24)28(25)15(19,20)21/h3-5,7-8H,2,6H2,1H3/p+1. The number of alkyl halides is 6. The van der Waals surface area contributed by atoms with Crippen molar-refractivity contribution in [2.45, 2.75) is 34.9 Å². The molecule has 0 aliphatic heterocycles. The van der Waals surface area contributed by atoms with Crippen LogP contribution in [0.1, 0.15) is 18.1 Å². The van der Waals surface area contributed by atoms with Crippen molar-refractivity contribution in [3.05, 3.63) is 52.2 Å². The minimum absolute atomic E-state index is 0.425. The van der Waals surface area contributed by atoms with Crippen molar-refractivity contribution in [2.75, 3.05) is 5.75 Å². The Bertz CT molecular complexity index is 1110. The summed E-state index contributed by atoms with van der Waals surface area (Å²) in [5, 5.41) is 0. The molecule has 2 aromatic rings. The summed E-state index contributed by atoms with van der Waals surface area (Å²) < 4.78 is 113. The van der Waals surface area contributed by atoms with Crippen LogP contribution >= 0.6 is 0 Å². The van der Waals surface area contributed by atoms with Crippen molar-refractivity contribution in [1.82, 2.24) is 4.98 Å². The topological polar surface area (TPSA) is 87.9 Å². The number of nitrogens with zero attached hydrogens (tertiary/aromatic N) is 1. The number of pyridine rings is 2. The van der Waals surface area contributed by atoms with Crippen LogP contribution < -0.4 is 10.1 Å². The highest BCUT2D eigenvalue weighted by Gasteiger charge is 2.39. The summed E-state index contributed by atoms with van der Waals surface area (Å²) in [6, 6.07) is 1.07. The maximum absolute atomic E-state index is 13.1. The lowest BCUT2D eigenvalue weighted by molar-refractivity contribution is -0.691. The van der Waals surface area contributed by atoms with Crippen LogP contribution in [0.3, 0.4) is 0 Å². The smallest absolute Gasteiger partial charge is 0.327 e. The van der Waals surface area contributed by atoms with E-state index in [0.717, 1.165) is 10.8 Å². The van der Waals surface area contributed by atoms with Crippen molar-refractivity contribution < 1.29 is 43.5 Å². The molecular weight excluding hydrogens is 450 g/mol. The van der Waals surface area contributed by atoms with Gasteiger partial charge in [-0.15, -0.1) is 0 Å². The Kier molecular flexibility index (Phi) is 6.28. The van der Waals surface area contributed by atoms with Crippen LogP contribution in [-0.2, 0) is 33.4 Å². The van der Waals surface area contributed by atoms with E-state index < -0.39 is 71.1 Å². The molecule has 160 valence electrons. The van der Waals surface area contributed by atoms with Crippen LogP contribution in [0.2, 0.25) is 0 Å². The summed E-state index contributed by atoms with van der Waals surface area (Å²) in [5.74, 6) is -0.491. The number of sulfone groups is 1. The molecule has 0 bridgehead atoms. The molecule has 0 fully saturated rings. The number of halogens is 6. The number of rotatable bonds is 5. The average molecular weight is 463 g/mol. The third kappa shape index (κ3) is 5.44. The van der Waals surface area contributed by atoms with Crippen LogP contribution in [0.15, 0.2) is 45.3 Å². The molecule has 0 amide bonds. The highest BCUT2D eigenvalue weighted by Crippen LogP contribution is 2.30. The zero-order valence-electron chi connectivity index (χ0n) is 14.5. The van der Waals surface area contributed by atoms with Gasteiger partial charge in [-0.1, -0.05) is 6.92 Å². The molecule has 0 aromatic carbocycles. The maximum atomic E-state index is 13.1. The highest BCUT2D eigenvalue weighted by atomic mass is 32.2. The second-order valence-electron chi connectivity index (χ2n) is 5.74. The van der Waals surface area contributed by atoms with Gasteiger partial charge in [0.2, 0.25) is 0 Å². The number of hydrogen-bond donors (Lipinski definition) is 1. The molecule has 1 N–H and O–H groups in total. The fourth-order valence-electron chi connectivity index (χ4n) is 2.25. The fraction of sp³-hybridized carbons (Fsp3) is 0.333. The normalized spacial score (nSPS) is 14.0. The number of aromatic nitrogens is 2.